The van der Waals surface area contributed by atoms with Gasteiger partial charge < -0.3 is 23.7 Å². The second-order valence-electron chi connectivity index (χ2n) is 6.18. The second kappa shape index (κ2) is 7.75. The molecule has 6 heteroatoms. The van der Waals surface area contributed by atoms with E-state index in [0.29, 0.717) is 13.2 Å². The van der Waals surface area contributed by atoms with Crippen molar-refractivity contribution < 1.29 is 23.7 Å². The molecular weight excluding hydrogens is 259 g/mol. The van der Waals surface area contributed by atoms with Gasteiger partial charge in [-0.3, -0.25) is 0 Å². The van der Waals surface area contributed by atoms with E-state index < -0.39 is 6.00 Å². The van der Waals surface area contributed by atoms with Gasteiger partial charge in [0.2, 0.25) is 0 Å². The minimum atomic E-state index is -0.516. The summed E-state index contributed by atoms with van der Waals surface area (Å²) in [5, 5.41) is 0. The van der Waals surface area contributed by atoms with Crippen LogP contribution in [-0.2, 0) is 23.7 Å². The summed E-state index contributed by atoms with van der Waals surface area (Å²) in [7, 11) is 10.9. The van der Waals surface area contributed by atoms with Crippen LogP contribution in [0.4, 0.5) is 0 Å². The van der Waals surface area contributed by atoms with Gasteiger partial charge in [-0.1, -0.05) is 20.8 Å². The summed E-state index contributed by atoms with van der Waals surface area (Å²) in [5.41, 5.74) is -0.00714. The van der Waals surface area contributed by atoms with Crippen molar-refractivity contribution in [2.75, 3.05) is 34.5 Å². The van der Waals surface area contributed by atoms with Gasteiger partial charge >= 0.3 is 0 Å². The van der Waals surface area contributed by atoms with Crippen LogP contribution in [0.25, 0.3) is 0 Å². The molecule has 1 rings (SSSR count). The van der Waals surface area contributed by atoms with Crippen LogP contribution in [0, 0.1) is 5.41 Å². The molecule has 0 amide bonds. The van der Waals surface area contributed by atoms with Gasteiger partial charge in [-0.2, -0.15) is 0 Å². The largest absolute Gasteiger partial charge is 0.382 e. The molecule has 1 unspecified atom stereocenters. The Kier molecular flexibility index (Phi) is 6.95. The maximum absolute atomic E-state index is 5.98. The van der Waals surface area contributed by atoms with E-state index in [2.05, 4.69) is 20.8 Å². The normalized spacial score (nSPS) is 32.5. The van der Waals surface area contributed by atoms with Crippen molar-refractivity contribution in [3.63, 3.8) is 0 Å². The van der Waals surface area contributed by atoms with Crippen molar-refractivity contribution in [3.8, 4) is 0 Å². The van der Waals surface area contributed by atoms with E-state index in [9.17, 15) is 0 Å². The number of rotatable bonds is 7. The van der Waals surface area contributed by atoms with Crippen molar-refractivity contribution in [1.29, 1.82) is 0 Å². The third kappa shape index (κ3) is 4.43. The van der Waals surface area contributed by atoms with Crippen LogP contribution in [0.2, 0.25) is 0 Å². The molecular formula is C14H27BO5. The van der Waals surface area contributed by atoms with Crippen molar-refractivity contribution in [2.24, 2.45) is 5.41 Å². The molecule has 5 atom stereocenters. The first kappa shape index (κ1) is 17.9. The minimum absolute atomic E-state index is 0.00714. The lowest BCUT2D eigenvalue weighted by Crippen LogP contribution is -2.42. The standard InChI is InChI=1S/C14H27BO5/c1-14(2,3)10(17-5)8-19-12-11(18-6)9(7-16-4)20-13(12)15/h9-13H,7-8H2,1-6H3/t9-,10-,11?,12+,13-/m1/s1. The van der Waals surface area contributed by atoms with Crippen LogP contribution in [0.1, 0.15) is 20.8 Å². The highest BCUT2D eigenvalue weighted by Crippen LogP contribution is 2.27. The third-order valence-corrected chi connectivity index (χ3v) is 3.64. The van der Waals surface area contributed by atoms with Gasteiger partial charge in [0.25, 0.3) is 0 Å². The molecule has 5 nitrogen and oxygen atoms in total. The Bertz CT molecular complexity index is 281. The summed E-state index contributed by atoms with van der Waals surface area (Å²) in [6, 6.07) is -0.516. The molecule has 0 aromatic heterocycles. The second-order valence-corrected chi connectivity index (χ2v) is 6.18. The molecule has 0 aromatic carbocycles. The van der Waals surface area contributed by atoms with Crippen molar-refractivity contribution in [2.45, 2.75) is 51.2 Å². The van der Waals surface area contributed by atoms with Gasteiger partial charge in [0.15, 0.2) is 0 Å². The van der Waals surface area contributed by atoms with Crippen LogP contribution in [0.15, 0.2) is 0 Å². The average molecular weight is 286 g/mol. The Morgan fingerprint density at radius 1 is 1.15 bits per heavy atom. The van der Waals surface area contributed by atoms with Crippen LogP contribution in [0.5, 0.6) is 0 Å². The maximum Gasteiger partial charge on any atom is 0.113 e. The molecule has 0 saturated carbocycles. The predicted molar refractivity (Wildman–Crippen MR) is 77.1 cm³/mol. The number of hydrogen-bond donors (Lipinski definition) is 0. The fourth-order valence-electron chi connectivity index (χ4n) is 2.40. The Morgan fingerprint density at radius 3 is 2.25 bits per heavy atom. The Morgan fingerprint density at radius 2 is 1.80 bits per heavy atom. The number of hydrogen-bond acceptors (Lipinski definition) is 5. The summed E-state index contributed by atoms with van der Waals surface area (Å²) in [4.78, 5) is 0. The van der Waals surface area contributed by atoms with Crippen molar-refractivity contribution in [1.82, 2.24) is 0 Å². The summed E-state index contributed by atoms with van der Waals surface area (Å²) in [6.45, 7) is 7.20. The molecule has 0 spiro atoms. The molecule has 2 radical (unpaired) electrons. The van der Waals surface area contributed by atoms with E-state index in [0.717, 1.165) is 0 Å². The monoisotopic (exact) mass is 286 g/mol. The van der Waals surface area contributed by atoms with E-state index >= 15 is 0 Å². The average Bonchev–Trinajstić information content (AvgIpc) is 2.65. The smallest absolute Gasteiger partial charge is 0.113 e. The lowest BCUT2D eigenvalue weighted by molar-refractivity contribution is -0.101. The van der Waals surface area contributed by atoms with Gasteiger partial charge in [-0.05, 0) is 5.41 Å². The molecule has 20 heavy (non-hydrogen) atoms. The van der Waals surface area contributed by atoms with Crippen LogP contribution in [0.3, 0.4) is 0 Å². The van der Waals surface area contributed by atoms with Gasteiger partial charge in [0, 0.05) is 27.3 Å². The molecule has 0 bridgehead atoms. The van der Waals surface area contributed by atoms with Crippen LogP contribution in [-0.4, -0.2) is 72.8 Å². The van der Waals surface area contributed by atoms with Gasteiger partial charge in [0.05, 0.1) is 19.3 Å². The molecule has 1 aliphatic rings. The zero-order valence-electron chi connectivity index (χ0n) is 13.4. The van der Waals surface area contributed by atoms with Crippen LogP contribution < -0.4 is 0 Å². The molecule has 0 N–H and O–H groups in total. The highest BCUT2D eigenvalue weighted by Gasteiger charge is 2.43. The lowest BCUT2D eigenvalue weighted by Gasteiger charge is -2.31. The zero-order chi connectivity index (χ0) is 15.3. The highest BCUT2D eigenvalue weighted by molar-refractivity contribution is 6.11. The van der Waals surface area contributed by atoms with E-state index in [4.69, 9.17) is 31.5 Å². The van der Waals surface area contributed by atoms with Gasteiger partial charge in [0.1, 0.15) is 26.2 Å². The first-order valence-corrected chi connectivity index (χ1v) is 6.92. The van der Waals surface area contributed by atoms with Crippen LogP contribution >= 0.6 is 0 Å². The van der Waals surface area contributed by atoms with Crippen molar-refractivity contribution in [3.05, 3.63) is 0 Å². The molecule has 1 saturated heterocycles. The maximum atomic E-state index is 5.98. The summed E-state index contributed by atoms with van der Waals surface area (Å²) in [5.74, 6) is 0. The van der Waals surface area contributed by atoms with Crippen molar-refractivity contribution >= 4 is 7.85 Å². The fourth-order valence-corrected chi connectivity index (χ4v) is 2.40. The Hall–Kier alpha value is -0.135. The molecule has 116 valence electrons. The van der Waals surface area contributed by atoms with Gasteiger partial charge in [-0.15, -0.1) is 0 Å². The summed E-state index contributed by atoms with van der Waals surface area (Å²) in [6.07, 6.45) is -0.781. The summed E-state index contributed by atoms with van der Waals surface area (Å²) < 4.78 is 27.6. The van der Waals surface area contributed by atoms with E-state index in [1.54, 1.807) is 21.3 Å². The predicted octanol–water partition coefficient (Wildman–Crippen LogP) is 0.987. The number of methoxy groups -OCH3 is 3. The van der Waals surface area contributed by atoms with E-state index in [1.807, 2.05) is 0 Å². The van der Waals surface area contributed by atoms with E-state index in [-0.39, 0.29) is 29.8 Å². The quantitative estimate of drug-likeness (QED) is 0.653. The first-order valence-electron chi connectivity index (χ1n) is 6.92. The SMILES string of the molecule is [B][C@@H]1O[C@H](COC)C(OC)[C@@H]1OC[C@@H](OC)C(C)(C)C. The Balaban J connectivity index is 2.61. The fraction of sp³-hybridized carbons (Fsp3) is 1.00. The van der Waals surface area contributed by atoms with E-state index in [1.165, 1.54) is 0 Å². The Labute approximate surface area is 123 Å². The molecule has 1 fully saturated rings. The third-order valence-electron chi connectivity index (χ3n) is 3.64. The molecule has 0 aromatic rings. The van der Waals surface area contributed by atoms with Gasteiger partial charge in [-0.25, -0.2) is 0 Å². The zero-order valence-corrected chi connectivity index (χ0v) is 13.4. The minimum Gasteiger partial charge on any atom is -0.382 e. The summed E-state index contributed by atoms with van der Waals surface area (Å²) >= 11 is 0. The topological polar surface area (TPSA) is 46.2 Å². The highest BCUT2D eigenvalue weighted by atomic mass is 16.6. The molecule has 0 aliphatic carbocycles. The first-order chi connectivity index (χ1) is 9.35. The molecule has 1 aliphatic heterocycles. The lowest BCUT2D eigenvalue weighted by atomic mass is 9.89. The molecule has 1 heterocycles. The number of ether oxygens (including phenoxy) is 5.